The van der Waals surface area contributed by atoms with Crippen molar-refractivity contribution in [3.63, 3.8) is 0 Å². The number of aliphatic hydroxyl groups is 1. The minimum atomic E-state index is -4.95. The summed E-state index contributed by atoms with van der Waals surface area (Å²) in [5.41, 5.74) is 0. The highest BCUT2D eigenvalue weighted by Crippen LogP contribution is 2.45. The number of hydrogen-bond donors (Lipinski definition) is 3. The first kappa shape index (κ1) is 85.1. The van der Waals surface area contributed by atoms with Gasteiger partial charge in [-0.2, -0.15) is 0 Å². The zero-order chi connectivity index (χ0) is 64.3. The summed E-state index contributed by atoms with van der Waals surface area (Å²) in [4.78, 5) is 72.3. The smallest absolute Gasteiger partial charge is 0.462 e. The molecular formula is C68H132O17P2. The molecule has 516 valence electrons. The molecule has 17 nitrogen and oxygen atoms in total. The normalized spacial score (nSPS) is 14.2. The van der Waals surface area contributed by atoms with Crippen LogP contribution in [0.2, 0.25) is 0 Å². The highest BCUT2D eigenvalue weighted by atomic mass is 31.2. The predicted octanol–water partition coefficient (Wildman–Crippen LogP) is 19.2. The van der Waals surface area contributed by atoms with Crippen LogP contribution in [0.3, 0.4) is 0 Å². The Bertz CT molecular complexity index is 1700. The molecule has 0 aliphatic heterocycles. The summed E-state index contributed by atoms with van der Waals surface area (Å²) in [5.74, 6) is -0.724. The van der Waals surface area contributed by atoms with Crippen LogP contribution < -0.4 is 0 Å². The van der Waals surface area contributed by atoms with Gasteiger partial charge < -0.3 is 33.8 Å². The molecule has 87 heavy (non-hydrogen) atoms. The van der Waals surface area contributed by atoms with Crippen molar-refractivity contribution in [1.82, 2.24) is 0 Å². The summed E-state index contributed by atoms with van der Waals surface area (Å²) in [6, 6.07) is 0. The lowest BCUT2D eigenvalue weighted by Crippen LogP contribution is -2.30. The third-order valence-electron chi connectivity index (χ3n) is 15.7. The van der Waals surface area contributed by atoms with Crippen LogP contribution in [0.25, 0.3) is 0 Å². The van der Waals surface area contributed by atoms with E-state index in [4.69, 9.17) is 37.0 Å². The average Bonchev–Trinajstić information content (AvgIpc) is 3.60. The van der Waals surface area contributed by atoms with Crippen LogP contribution in [0, 0.1) is 11.8 Å². The molecule has 0 spiro atoms. The fraction of sp³-hybridized carbons (Fsp3) is 0.941. The molecule has 0 rings (SSSR count). The third-order valence-corrected chi connectivity index (χ3v) is 17.6. The predicted molar refractivity (Wildman–Crippen MR) is 349 cm³/mol. The summed E-state index contributed by atoms with van der Waals surface area (Å²) in [6.45, 7) is 9.41. The van der Waals surface area contributed by atoms with Gasteiger partial charge in [-0.05, 0) is 37.5 Å². The largest absolute Gasteiger partial charge is 0.472 e. The van der Waals surface area contributed by atoms with Gasteiger partial charge >= 0.3 is 39.5 Å². The second-order valence-corrected chi connectivity index (χ2v) is 28.4. The van der Waals surface area contributed by atoms with Crippen LogP contribution in [0.1, 0.15) is 343 Å². The van der Waals surface area contributed by atoms with Gasteiger partial charge in [-0.1, -0.05) is 292 Å². The molecule has 0 aliphatic carbocycles. The van der Waals surface area contributed by atoms with Gasteiger partial charge in [0.05, 0.1) is 26.4 Å². The molecule has 2 unspecified atom stereocenters. The van der Waals surface area contributed by atoms with Crippen molar-refractivity contribution in [3.05, 3.63) is 0 Å². The van der Waals surface area contributed by atoms with Gasteiger partial charge in [-0.15, -0.1) is 0 Å². The Morgan fingerprint density at radius 2 is 0.529 bits per heavy atom. The fourth-order valence-corrected chi connectivity index (χ4v) is 11.8. The van der Waals surface area contributed by atoms with Gasteiger partial charge in [-0.25, -0.2) is 9.13 Å². The Kier molecular flexibility index (Phi) is 59.0. The van der Waals surface area contributed by atoms with Crippen LogP contribution in [-0.4, -0.2) is 96.7 Å². The quantitative estimate of drug-likeness (QED) is 0.0222. The van der Waals surface area contributed by atoms with E-state index in [9.17, 15) is 43.2 Å². The Morgan fingerprint density at radius 3 is 0.782 bits per heavy atom. The second-order valence-electron chi connectivity index (χ2n) is 25.5. The van der Waals surface area contributed by atoms with Gasteiger partial charge in [0.25, 0.3) is 0 Å². The van der Waals surface area contributed by atoms with Crippen molar-refractivity contribution < 1.29 is 80.2 Å². The number of unbranched alkanes of at least 4 members (excludes halogenated alkanes) is 37. The van der Waals surface area contributed by atoms with Crippen molar-refractivity contribution in [3.8, 4) is 0 Å². The number of carbonyl (C=O) groups is 4. The van der Waals surface area contributed by atoms with Crippen LogP contribution >= 0.6 is 15.6 Å². The number of esters is 4. The molecule has 0 aromatic heterocycles. The first-order valence-electron chi connectivity index (χ1n) is 35.5. The third kappa shape index (κ3) is 62.6. The van der Waals surface area contributed by atoms with Gasteiger partial charge in [0.2, 0.25) is 0 Å². The summed E-state index contributed by atoms with van der Waals surface area (Å²) < 4.78 is 68.1. The molecule has 19 heteroatoms. The molecule has 0 amide bonds. The number of phosphoric acid groups is 2. The minimum absolute atomic E-state index is 0.105. The standard InChI is InChI=1S/C68H132O17P2/c1-7-9-11-13-15-17-19-20-21-22-23-24-25-27-33-41-47-53-68(73)84-63(56-78-65(70)50-44-38-31-29-28-30-36-42-48-60(3)4)58-82-86(74,75)80-54-62(69)55-81-87(76,77)83-59-64(57-79-66(71)51-45-39-35-34-37-43-49-61(5)6)85-67(72)52-46-40-32-26-18-16-14-12-10-8-2/h60-64,69H,7-59H2,1-6H3,(H,74,75)(H,76,77)/t62-,63-,64-/m1/s1. The molecule has 0 heterocycles. The molecule has 0 aromatic carbocycles. The van der Waals surface area contributed by atoms with Crippen molar-refractivity contribution in [2.24, 2.45) is 11.8 Å². The van der Waals surface area contributed by atoms with Crippen LogP contribution in [0.15, 0.2) is 0 Å². The first-order valence-corrected chi connectivity index (χ1v) is 38.5. The molecule has 0 fully saturated rings. The van der Waals surface area contributed by atoms with Crippen LogP contribution in [-0.2, 0) is 65.4 Å². The fourth-order valence-electron chi connectivity index (χ4n) is 10.2. The van der Waals surface area contributed by atoms with E-state index < -0.39 is 97.5 Å². The minimum Gasteiger partial charge on any atom is -0.462 e. The number of aliphatic hydroxyl groups excluding tert-OH is 1. The van der Waals surface area contributed by atoms with Gasteiger partial charge in [-0.3, -0.25) is 37.3 Å². The SMILES string of the molecule is CCCCCCCCCCCCCCCCCCCC(=O)O[C@H](COC(=O)CCCCCCCCCCC(C)C)COP(=O)(O)OC[C@@H](O)COP(=O)(O)OC[C@@H](COC(=O)CCCCCCCCC(C)C)OC(=O)CCCCCCCCCCCC. The molecule has 0 saturated heterocycles. The molecule has 0 bridgehead atoms. The first-order chi connectivity index (χ1) is 41.9. The summed E-state index contributed by atoms with van der Waals surface area (Å²) in [5, 5.41) is 10.6. The van der Waals surface area contributed by atoms with Crippen molar-refractivity contribution >= 4 is 39.5 Å². The Morgan fingerprint density at radius 1 is 0.310 bits per heavy atom. The number of phosphoric ester groups is 2. The maximum atomic E-state index is 13.0. The molecule has 0 saturated carbocycles. The molecule has 5 atom stereocenters. The van der Waals surface area contributed by atoms with E-state index in [0.717, 1.165) is 102 Å². The topological polar surface area (TPSA) is 237 Å². The lowest BCUT2D eigenvalue weighted by molar-refractivity contribution is -0.161. The summed E-state index contributed by atoms with van der Waals surface area (Å²) >= 11 is 0. The average molecular weight is 1280 g/mol. The zero-order valence-corrected chi connectivity index (χ0v) is 58.1. The number of carbonyl (C=O) groups excluding carboxylic acids is 4. The van der Waals surface area contributed by atoms with Crippen molar-refractivity contribution in [2.75, 3.05) is 39.6 Å². The lowest BCUT2D eigenvalue weighted by atomic mass is 10.0. The summed E-state index contributed by atoms with van der Waals surface area (Å²) in [7, 11) is -9.89. The second kappa shape index (κ2) is 60.3. The highest BCUT2D eigenvalue weighted by molar-refractivity contribution is 7.47. The van der Waals surface area contributed by atoms with Crippen molar-refractivity contribution in [1.29, 1.82) is 0 Å². The van der Waals surface area contributed by atoms with Crippen LogP contribution in [0.4, 0.5) is 0 Å². The Balaban J connectivity index is 5.21. The Hall–Kier alpha value is -1.94. The molecular weight excluding hydrogens is 1150 g/mol. The summed E-state index contributed by atoms with van der Waals surface area (Å²) in [6.07, 6.45) is 44.6. The van der Waals surface area contributed by atoms with Crippen molar-refractivity contribution in [2.45, 2.75) is 362 Å². The monoisotopic (exact) mass is 1280 g/mol. The van der Waals surface area contributed by atoms with E-state index in [2.05, 4.69) is 41.5 Å². The van der Waals surface area contributed by atoms with E-state index in [0.29, 0.717) is 31.6 Å². The molecule has 3 N–H and O–H groups in total. The van der Waals surface area contributed by atoms with E-state index in [1.54, 1.807) is 0 Å². The van der Waals surface area contributed by atoms with Gasteiger partial charge in [0.1, 0.15) is 19.3 Å². The van der Waals surface area contributed by atoms with E-state index in [1.165, 1.54) is 154 Å². The number of rotatable bonds is 67. The van der Waals surface area contributed by atoms with Crippen LogP contribution in [0.5, 0.6) is 0 Å². The molecule has 0 aliphatic rings. The van der Waals surface area contributed by atoms with Gasteiger partial charge in [0.15, 0.2) is 12.2 Å². The zero-order valence-electron chi connectivity index (χ0n) is 56.3. The highest BCUT2D eigenvalue weighted by Gasteiger charge is 2.30. The molecule has 0 radical (unpaired) electrons. The Labute approximate surface area is 530 Å². The maximum Gasteiger partial charge on any atom is 0.472 e. The van der Waals surface area contributed by atoms with E-state index in [1.807, 2.05) is 0 Å². The van der Waals surface area contributed by atoms with E-state index >= 15 is 0 Å². The number of ether oxygens (including phenoxy) is 4. The number of hydrogen-bond acceptors (Lipinski definition) is 15. The van der Waals surface area contributed by atoms with Gasteiger partial charge in [0, 0.05) is 25.7 Å². The molecule has 0 aromatic rings. The lowest BCUT2D eigenvalue weighted by Gasteiger charge is -2.21. The maximum absolute atomic E-state index is 13.0. The van der Waals surface area contributed by atoms with E-state index in [-0.39, 0.29) is 25.7 Å².